The molecular formula is C13H8FNO2S. The Bertz CT molecular complexity index is 739. The Morgan fingerprint density at radius 3 is 2.67 bits per heavy atom. The topological polar surface area (TPSA) is 53.4 Å². The van der Waals surface area contributed by atoms with Crippen LogP contribution in [0.3, 0.4) is 0 Å². The first kappa shape index (κ1) is 11.0. The second-order valence-electron chi connectivity index (χ2n) is 3.81. The molecule has 3 rings (SSSR count). The van der Waals surface area contributed by atoms with Crippen molar-refractivity contribution < 1.29 is 14.6 Å². The molecule has 0 aliphatic heterocycles. The minimum absolute atomic E-state index is 0.0245. The molecule has 0 saturated heterocycles. The lowest BCUT2D eigenvalue weighted by Crippen LogP contribution is -1.77. The molecule has 3 nitrogen and oxygen atoms in total. The van der Waals surface area contributed by atoms with Crippen molar-refractivity contribution in [3.8, 4) is 22.1 Å². The highest BCUT2D eigenvalue weighted by Gasteiger charge is 2.12. The smallest absolute Gasteiger partial charge is 0.142 e. The fraction of sp³-hybridized carbons (Fsp3) is 0. The molecule has 18 heavy (non-hydrogen) atoms. The average Bonchev–Trinajstić information content (AvgIpc) is 2.74. The number of thiazole rings is 1. The van der Waals surface area contributed by atoms with E-state index in [1.54, 1.807) is 18.2 Å². The lowest BCUT2D eigenvalue weighted by Gasteiger charge is -2.00. The molecule has 0 unspecified atom stereocenters. The van der Waals surface area contributed by atoms with Crippen molar-refractivity contribution in [2.45, 2.75) is 0 Å². The summed E-state index contributed by atoms with van der Waals surface area (Å²) in [5, 5.41) is 19.5. The molecule has 0 aliphatic carbocycles. The average molecular weight is 261 g/mol. The normalized spacial score (nSPS) is 10.9. The Kier molecular flexibility index (Phi) is 2.41. The third kappa shape index (κ3) is 1.69. The molecule has 3 aromatic rings. The number of phenols is 2. The van der Waals surface area contributed by atoms with Gasteiger partial charge in [0.1, 0.15) is 22.3 Å². The van der Waals surface area contributed by atoms with Gasteiger partial charge < -0.3 is 10.2 Å². The van der Waals surface area contributed by atoms with E-state index in [0.717, 1.165) is 0 Å². The van der Waals surface area contributed by atoms with Gasteiger partial charge in [-0.1, -0.05) is 6.07 Å². The van der Waals surface area contributed by atoms with E-state index in [2.05, 4.69) is 4.98 Å². The highest BCUT2D eigenvalue weighted by atomic mass is 32.1. The molecule has 1 aromatic heterocycles. The van der Waals surface area contributed by atoms with Crippen molar-refractivity contribution >= 4 is 21.6 Å². The van der Waals surface area contributed by atoms with E-state index in [1.807, 2.05) is 0 Å². The molecule has 2 N–H and O–H groups in total. The highest BCUT2D eigenvalue weighted by molar-refractivity contribution is 7.21. The molecule has 0 spiro atoms. The van der Waals surface area contributed by atoms with Crippen LogP contribution in [-0.4, -0.2) is 15.2 Å². The molecule has 90 valence electrons. The fourth-order valence-electron chi connectivity index (χ4n) is 1.73. The van der Waals surface area contributed by atoms with E-state index in [9.17, 15) is 14.6 Å². The van der Waals surface area contributed by atoms with Gasteiger partial charge >= 0.3 is 0 Å². The monoisotopic (exact) mass is 261 g/mol. The van der Waals surface area contributed by atoms with Crippen LogP contribution < -0.4 is 0 Å². The van der Waals surface area contributed by atoms with E-state index in [1.165, 1.54) is 29.5 Å². The lowest BCUT2D eigenvalue weighted by molar-refractivity contribution is 0.452. The summed E-state index contributed by atoms with van der Waals surface area (Å²) in [6.07, 6.45) is 0. The van der Waals surface area contributed by atoms with E-state index >= 15 is 0 Å². The van der Waals surface area contributed by atoms with Crippen LogP contribution in [0.1, 0.15) is 0 Å². The number of aromatic hydroxyl groups is 2. The molecule has 2 aromatic carbocycles. The first-order valence-corrected chi connectivity index (χ1v) is 6.04. The maximum atomic E-state index is 13.5. The van der Waals surface area contributed by atoms with Gasteiger partial charge in [-0.3, -0.25) is 0 Å². The summed E-state index contributed by atoms with van der Waals surface area (Å²) >= 11 is 1.17. The van der Waals surface area contributed by atoms with E-state index < -0.39 is 0 Å². The number of halogens is 1. The predicted octanol–water partition coefficient (Wildman–Crippen LogP) is 3.51. The summed E-state index contributed by atoms with van der Waals surface area (Å²) in [6, 6.07) is 8.93. The van der Waals surface area contributed by atoms with Gasteiger partial charge in [0.15, 0.2) is 0 Å². The van der Waals surface area contributed by atoms with Crippen LogP contribution in [0.2, 0.25) is 0 Å². The Hall–Kier alpha value is -2.14. The fourth-order valence-corrected chi connectivity index (χ4v) is 2.74. The molecule has 1 heterocycles. The summed E-state index contributed by atoms with van der Waals surface area (Å²) < 4.78 is 14.0. The van der Waals surface area contributed by atoms with Gasteiger partial charge in [-0.25, -0.2) is 9.37 Å². The van der Waals surface area contributed by atoms with Gasteiger partial charge in [0.2, 0.25) is 0 Å². The van der Waals surface area contributed by atoms with Crippen LogP contribution in [-0.2, 0) is 0 Å². The molecule has 0 aliphatic rings. The second-order valence-corrected chi connectivity index (χ2v) is 4.81. The number of benzene rings is 2. The van der Waals surface area contributed by atoms with Crippen molar-refractivity contribution in [3.63, 3.8) is 0 Å². The van der Waals surface area contributed by atoms with Crippen LogP contribution in [0.15, 0.2) is 36.4 Å². The van der Waals surface area contributed by atoms with Crippen LogP contribution >= 0.6 is 11.3 Å². The molecule has 0 fully saturated rings. The van der Waals surface area contributed by atoms with Gasteiger partial charge in [0.05, 0.1) is 15.8 Å². The van der Waals surface area contributed by atoms with Gasteiger partial charge in [0.25, 0.3) is 0 Å². The summed E-state index contributed by atoms with van der Waals surface area (Å²) in [7, 11) is 0. The van der Waals surface area contributed by atoms with E-state index in [4.69, 9.17) is 0 Å². The van der Waals surface area contributed by atoms with Crippen molar-refractivity contribution in [1.82, 2.24) is 4.98 Å². The Balaban J connectivity index is 2.23. The highest BCUT2D eigenvalue weighted by Crippen LogP contribution is 2.37. The third-order valence-corrected chi connectivity index (χ3v) is 3.69. The van der Waals surface area contributed by atoms with Gasteiger partial charge in [-0.05, 0) is 24.3 Å². The number of hydrogen-bond acceptors (Lipinski definition) is 4. The van der Waals surface area contributed by atoms with E-state index in [0.29, 0.717) is 20.8 Å². The van der Waals surface area contributed by atoms with Crippen molar-refractivity contribution in [1.29, 1.82) is 0 Å². The Labute approximate surface area is 106 Å². The van der Waals surface area contributed by atoms with Gasteiger partial charge in [0, 0.05) is 6.07 Å². The molecule has 5 heteroatoms. The summed E-state index contributed by atoms with van der Waals surface area (Å²) in [6.45, 7) is 0. The third-order valence-electron chi connectivity index (χ3n) is 2.58. The largest absolute Gasteiger partial charge is 0.508 e. The number of rotatable bonds is 1. The Morgan fingerprint density at radius 2 is 1.94 bits per heavy atom. The number of nitrogens with zero attached hydrogens (tertiary/aromatic N) is 1. The maximum absolute atomic E-state index is 13.5. The number of fused-ring (bicyclic) bond motifs is 1. The summed E-state index contributed by atoms with van der Waals surface area (Å²) in [5.41, 5.74) is 1.04. The SMILES string of the molecule is Oc1ccc(-c2nc3cccc(F)c3s2)c(O)c1. The molecule has 0 bridgehead atoms. The first-order chi connectivity index (χ1) is 8.65. The minimum Gasteiger partial charge on any atom is -0.508 e. The minimum atomic E-state index is -0.325. The first-order valence-electron chi connectivity index (χ1n) is 5.22. The lowest BCUT2D eigenvalue weighted by atomic mass is 10.2. The zero-order valence-electron chi connectivity index (χ0n) is 9.09. The molecule has 0 amide bonds. The quantitative estimate of drug-likeness (QED) is 0.704. The van der Waals surface area contributed by atoms with Crippen LogP contribution in [0.25, 0.3) is 20.8 Å². The van der Waals surface area contributed by atoms with E-state index in [-0.39, 0.29) is 17.3 Å². The zero-order chi connectivity index (χ0) is 12.7. The predicted molar refractivity (Wildman–Crippen MR) is 68.3 cm³/mol. The summed E-state index contributed by atoms with van der Waals surface area (Å²) in [4.78, 5) is 4.27. The number of phenolic OH excluding ortho intramolecular Hbond substituents is 2. The van der Waals surface area contributed by atoms with Crippen molar-refractivity contribution in [2.24, 2.45) is 0 Å². The summed E-state index contributed by atoms with van der Waals surface area (Å²) in [5.74, 6) is -0.424. The maximum Gasteiger partial charge on any atom is 0.142 e. The van der Waals surface area contributed by atoms with Crippen LogP contribution in [0.5, 0.6) is 11.5 Å². The van der Waals surface area contributed by atoms with Crippen molar-refractivity contribution in [2.75, 3.05) is 0 Å². The number of hydrogen-bond donors (Lipinski definition) is 2. The molecule has 0 saturated carbocycles. The number of aromatic nitrogens is 1. The van der Waals surface area contributed by atoms with Crippen LogP contribution in [0, 0.1) is 5.82 Å². The molecule has 0 atom stereocenters. The van der Waals surface area contributed by atoms with Gasteiger partial charge in [-0.2, -0.15) is 0 Å². The Morgan fingerprint density at radius 1 is 1.11 bits per heavy atom. The second kappa shape index (κ2) is 3.96. The zero-order valence-corrected chi connectivity index (χ0v) is 9.91. The molecular weight excluding hydrogens is 253 g/mol. The van der Waals surface area contributed by atoms with Crippen LogP contribution in [0.4, 0.5) is 4.39 Å². The standard InChI is InChI=1S/C13H8FNO2S/c14-9-2-1-3-10-12(9)18-13(15-10)8-5-4-7(16)6-11(8)17/h1-6,16-17H. The van der Waals surface area contributed by atoms with Gasteiger partial charge in [-0.15, -0.1) is 11.3 Å². The molecule has 0 radical (unpaired) electrons. The van der Waals surface area contributed by atoms with Crippen molar-refractivity contribution in [3.05, 3.63) is 42.2 Å².